The van der Waals surface area contributed by atoms with Crippen molar-refractivity contribution in [3.63, 3.8) is 0 Å². The van der Waals surface area contributed by atoms with Crippen LogP contribution in [0.3, 0.4) is 0 Å². The maximum absolute atomic E-state index is 5.58. The fourth-order valence-corrected chi connectivity index (χ4v) is 1.03. The van der Waals surface area contributed by atoms with E-state index in [0.29, 0.717) is 11.5 Å². The van der Waals surface area contributed by atoms with Gasteiger partial charge in [-0.3, -0.25) is 0 Å². The number of anilines is 1. The third-order valence-electron chi connectivity index (χ3n) is 2.08. The van der Waals surface area contributed by atoms with Gasteiger partial charge in [-0.1, -0.05) is 6.58 Å². The summed E-state index contributed by atoms with van der Waals surface area (Å²) in [6.07, 6.45) is 3.77. The van der Waals surface area contributed by atoms with Crippen LogP contribution in [0.5, 0.6) is 0 Å². The highest BCUT2D eigenvalue weighted by molar-refractivity contribution is 5.47. The van der Waals surface area contributed by atoms with E-state index in [0.717, 1.165) is 5.69 Å². The van der Waals surface area contributed by atoms with Gasteiger partial charge in [0.1, 0.15) is 12.0 Å². The molecule has 0 aliphatic carbocycles. The van der Waals surface area contributed by atoms with E-state index in [1.165, 1.54) is 0 Å². The van der Waals surface area contributed by atoms with Crippen molar-refractivity contribution in [1.82, 2.24) is 4.90 Å². The Morgan fingerprint density at radius 2 is 2.06 bits per heavy atom. The van der Waals surface area contributed by atoms with E-state index >= 15 is 0 Å². The molecule has 0 amide bonds. The van der Waals surface area contributed by atoms with E-state index in [2.05, 4.69) is 16.8 Å². The number of azo groups is 1. The van der Waals surface area contributed by atoms with Crippen molar-refractivity contribution in [2.75, 3.05) is 19.8 Å². The summed E-state index contributed by atoms with van der Waals surface area (Å²) in [7, 11) is 3.81. The summed E-state index contributed by atoms with van der Waals surface area (Å²) in [4.78, 5) is 1.79. The third-order valence-corrected chi connectivity index (χ3v) is 2.08. The average molecular weight is 232 g/mol. The Kier molecular flexibility index (Phi) is 4.90. The van der Waals surface area contributed by atoms with Crippen LogP contribution < -0.4 is 11.1 Å². The first-order valence-corrected chi connectivity index (χ1v) is 5.28. The van der Waals surface area contributed by atoms with E-state index in [1.807, 2.05) is 43.9 Å². The van der Waals surface area contributed by atoms with E-state index in [-0.39, 0.29) is 0 Å². The summed E-state index contributed by atoms with van der Waals surface area (Å²) in [5, 5.41) is 10.0. The van der Waals surface area contributed by atoms with Gasteiger partial charge in [-0.05, 0) is 24.3 Å². The number of hydrogen-bond acceptors (Lipinski definition) is 4. The number of benzene rings is 1. The first kappa shape index (κ1) is 12.9. The lowest BCUT2D eigenvalue weighted by molar-refractivity contribution is -0.557. The van der Waals surface area contributed by atoms with Crippen molar-refractivity contribution in [1.29, 1.82) is 0 Å². The largest absolute Gasteiger partial charge is 0.399 e. The van der Waals surface area contributed by atoms with Gasteiger partial charge < -0.3 is 16.0 Å². The lowest BCUT2D eigenvalue weighted by Crippen LogP contribution is -2.72. The van der Waals surface area contributed by atoms with Crippen LogP contribution in [0.4, 0.5) is 11.4 Å². The Balaban J connectivity index is 2.61. The van der Waals surface area contributed by atoms with Crippen LogP contribution in [0.15, 0.2) is 59.3 Å². The van der Waals surface area contributed by atoms with Gasteiger partial charge in [0.15, 0.2) is 0 Å². The topological polar surface area (TPSA) is 70.6 Å². The summed E-state index contributed by atoms with van der Waals surface area (Å²) in [6, 6.07) is 7.18. The monoisotopic (exact) mass is 232 g/mol. The van der Waals surface area contributed by atoms with E-state index in [9.17, 15) is 0 Å². The summed E-state index contributed by atoms with van der Waals surface area (Å²) < 4.78 is 0. The summed E-state index contributed by atoms with van der Waals surface area (Å²) >= 11 is 0. The molecule has 1 aromatic rings. The Morgan fingerprint density at radius 3 is 2.65 bits per heavy atom. The second-order valence-electron chi connectivity index (χ2n) is 3.49. The molecule has 0 spiro atoms. The van der Waals surface area contributed by atoms with Crippen LogP contribution in [-0.2, 0) is 0 Å². The minimum atomic E-state index is 0.569. The molecule has 0 saturated carbocycles. The van der Waals surface area contributed by atoms with Crippen molar-refractivity contribution in [3.8, 4) is 0 Å². The minimum absolute atomic E-state index is 0.569. The molecule has 0 aliphatic heterocycles. The fourth-order valence-electron chi connectivity index (χ4n) is 1.03. The van der Waals surface area contributed by atoms with Crippen LogP contribution in [0.1, 0.15) is 0 Å². The Bertz CT molecular complexity index is 419. The number of quaternary nitrogens is 1. The molecule has 5 nitrogen and oxygen atoms in total. The minimum Gasteiger partial charge on any atom is -0.399 e. The van der Waals surface area contributed by atoms with Crippen molar-refractivity contribution in [3.05, 3.63) is 49.1 Å². The predicted molar refractivity (Wildman–Crippen MR) is 69.3 cm³/mol. The lowest BCUT2D eigenvalue weighted by atomic mass is 10.3. The van der Waals surface area contributed by atoms with Crippen molar-refractivity contribution in [2.24, 2.45) is 10.2 Å². The molecule has 17 heavy (non-hydrogen) atoms. The maximum Gasteiger partial charge on any atom is 0.147 e. The van der Waals surface area contributed by atoms with Gasteiger partial charge in [0.05, 0.1) is 18.9 Å². The zero-order valence-corrected chi connectivity index (χ0v) is 10.2. The van der Waals surface area contributed by atoms with Gasteiger partial charge in [0.25, 0.3) is 0 Å². The lowest BCUT2D eigenvalue weighted by Gasteiger charge is -2.10. The predicted octanol–water partition coefficient (Wildman–Crippen LogP) is 1.42. The molecule has 4 N–H and O–H groups in total. The van der Waals surface area contributed by atoms with Crippen LogP contribution in [0, 0.1) is 0 Å². The fraction of sp³-hybridized carbons (Fsp3) is 0.167. The van der Waals surface area contributed by atoms with Gasteiger partial charge >= 0.3 is 0 Å². The molecule has 0 bridgehead atoms. The standard InChI is InChI=1S/C12H17N5/c1-10(17(3)9-8-14-2)15-16-12-6-4-11(13)5-7-12/h4-9,14H,1,13H2,2-3H3/p+1. The first-order valence-electron chi connectivity index (χ1n) is 5.28. The van der Waals surface area contributed by atoms with Crippen LogP contribution in [-0.4, -0.2) is 19.0 Å². The van der Waals surface area contributed by atoms with Crippen LogP contribution in [0.2, 0.25) is 0 Å². The molecule has 0 saturated heterocycles. The Morgan fingerprint density at radius 1 is 1.41 bits per heavy atom. The molecule has 0 unspecified atom stereocenters. The summed E-state index contributed by atoms with van der Waals surface area (Å²) in [6.45, 7) is 3.82. The Labute approximate surface area is 101 Å². The highest BCUT2D eigenvalue weighted by atomic mass is 15.3. The molecule has 90 valence electrons. The number of nitrogen functional groups attached to an aromatic ring is 1. The molecule has 0 fully saturated rings. The second kappa shape index (κ2) is 6.44. The van der Waals surface area contributed by atoms with Crippen molar-refractivity contribution < 1.29 is 5.32 Å². The summed E-state index contributed by atoms with van der Waals surface area (Å²) in [5.41, 5.74) is 7.03. The van der Waals surface area contributed by atoms with E-state index < -0.39 is 0 Å². The quantitative estimate of drug-likeness (QED) is 0.595. The number of hydrogen-bond donors (Lipinski definition) is 2. The van der Waals surface area contributed by atoms with E-state index in [4.69, 9.17) is 5.73 Å². The maximum atomic E-state index is 5.58. The number of nitrogens with zero attached hydrogens (tertiary/aromatic N) is 3. The zero-order valence-electron chi connectivity index (χ0n) is 10.2. The molecule has 0 atom stereocenters. The van der Waals surface area contributed by atoms with E-state index in [1.54, 1.807) is 17.0 Å². The van der Waals surface area contributed by atoms with Gasteiger partial charge in [-0.15, -0.1) is 10.2 Å². The second-order valence-corrected chi connectivity index (χ2v) is 3.49. The van der Waals surface area contributed by atoms with Gasteiger partial charge in [-0.25, -0.2) is 0 Å². The SMILES string of the molecule is C=C(N=Nc1ccc(N)cc1)N(C)C=C[NH2+]C. The Hall–Kier alpha value is -2.14. The molecule has 1 rings (SSSR count). The molecule has 0 aliphatic rings. The van der Waals surface area contributed by atoms with Crippen molar-refractivity contribution >= 4 is 11.4 Å². The van der Waals surface area contributed by atoms with Gasteiger partial charge in [0, 0.05) is 12.7 Å². The summed E-state index contributed by atoms with van der Waals surface area (Å²) in [5.74, 6) is 0.569. The molecular formula is C12H18N5+. The average Bonchev–Trinajstić information content (AvgIpc) is 2.34. The molecular weight excluding hydrogens is 214 g/mol. The number of nitrogens with two attached hydrogens (primary N) is 2. The molecule has 0 radical (unpaired) electrons. The van der Waals surface area contributed by atoms with Crippen LogP contribution >= 0.6 is 0 Å². The normalized spacial score (nSPS) is 11.2. The van der Waals surface area contributed by atoms with Crippen molar-refractivity contribution in [2.45, 2.75) is 0 Å². The zero-order chi connectivity index (χ0) is 12.7. The smallest absolute Gasteiger partial charge is 0.147 e. The van der Waals surface area contributed by atoms with Crippen LogP contribution in [0.25, 0.3) is 0 Å². The molecule has 0 aromatic heterocycles. The van der Waals surface area contributed by atoms with Gasteiger partial charge in [-0.2, -0.15) is 0 Å². The number of rotatable bonds is 5. The third kappa shape index (κ3) is 4.48. The highest BCUT2D eigenvalue weighted by Crippen LogP contribution is 2.15. The first-order chi connectivity index (χ1) is 8.13. The highest BCUT2D eigenvalue weighted by Gasteiger charge is 1.96. The van der Waals surface area contributed by atoms with Gasteiger partial charge in [0.2, 0.25) is 0 Å². The molecule has 1 aromatic carbocycles. The molecule has 0 heterocycles. The molecule has 5 heteroatoms.